The van der Waals surface area contributed by atoms with E-state index in [4.69, 9.17) is 9.47 Å². The highest BCUT2D eigenvalue weighted by Gasteiger charge is 2.07. The maximum atomic E-state index is 10.8. The van der Waals surface area contributed by atoms with Gasteiger partial charge < -0.3 is 14.8 Å². The molecule has 0 saturated heterocycles. The molecule has 5 heteroatoms. The van der Waals surface area contributed by atoms with Crippen molar-refractivity contribution < 1.29 is 14.3 Å². The van der Waals surface area contributed by atoms with Crippen molar-refractivity contribution in [3.05, 3.63) is 12.1 Å². The fourth-order valence-electron chi connectivity index (χ4n) is 0.978. The molecular formula is C9H12N2O3. The van der Waals surface area contributed by atoms with Crippen LogP contribution in [0.5, 0.6) is 11.8 Å². The van der Waals surface area contributed by atoms with E-state index in [1.54, 1.807) is 12.1 Å². The van der Waals surface area contributed by atoms with Crippen molar-refractivity contribution in [1.29, 1.82) is 0 Å². The normalized spacial score (nSPS) is 9.36. The summed E-state index contributed by atoms with van der Waals surface area (Å²) in [7, 11) is 2.99. The molecule has 76 valence electrons. The number of hydrogen-bond donors (Lipinski definition) is 1. The van der Waals surface area contributed by atoms with Gasteiger partial charge in [-0.2, -0.15) is 4.98 Å². The van der Waals surface area contributed by atoms with Crippen LogP contribution in [-0.4, -0.2) is 25.1 Å². The Kier molecular flexibility index (Phi) is 3.28. The number of amides is 1. The van der Waals surface area contributed by atoms with Crippen molar-refractivity contribution in [3.63, 3.8) is 0 Å². The zero-order chi connectivity index (χ0) is 10.6. The van der Waals surface area contributed by atoms with E-state index in [0.717, 1.165) is 0 Å². The fourth-order valence-corrected chi connectivity index (χ4v) is 0.978. The molecule has 1 amide bonds. The van der Waals surface area contributed by atoms with Crippen LogP contribution in [0.25, 0.3) is 0 Å². The second-order valence-electron chi connectivity index (χ2n) is 2.59. The summed E-state index contributed by atoms with van der Waals surface area (Å²) >= 11 is 0. The van der Waals surface area contributed by atoms with Gasteiger partial charge in [-0.1, -0.05) is 0 Å². The van der Waals surface area contributed by atoms with E-state index in [-0.39, 0.29) is 5.91 Å². The Labute approximate surface area is 82.0 Å². The molecule has 0 aliphatic heterocycles. The van der Waals surface area contributed by atoms with E-state index in [2.05, 4.69) is 10.3 Å². The third-order valence-electron chi connectivity index (χ3n) is 1.55. The van der Waals surface area contributed by atoms with Gasteiger partial charge in [0.1, 0.15) is 5.69 Å². The summed E-state index contributed by atoms with van der Waals surface area (Å²) in [4.78, 5) is 14.8. The maximum Gasteiger partial charge on any atom is 0.240 e. The molecule has 0 radical (unpaired) electrons. The van der Waals surface area contributed by atoms with Gasteiger partial charge in [-0.3, -0.25) is 4.79 Å². The van der Waals surface area contributed by atoms with Gasteiger partial charge in [-0.25, -0.2) is 0 Å². The first kappa shape index (κ1) is 10.3. The predicted molar refractivity (Wildman–Crippen MR) is 51.6 cm³/mol. The van der Waals surface area contributed by atoms with Gasteiger partial charge in [0.05, 0.1) is 14.2 Å². The van der Waals surface area contributed by atoms with Crippen LogP contribution in [-0.2, 0) is 4.79 Å². The van der Waals surface area contributed by atoms with Crippen LogP contribution in [0.1, 0.15) is 6.92 Å². The van der Waals surface area contributed by atoms with E-state index >= 15 is 0 Å². The molecular weight excluding hydrogens is 184 g/mol. The average molecular weight is 196 g/mol. The van der Waals surface area contributed by atoms with Gasteiger partial charge in [0.25, 0.3) is 0 Å². The number of methoxy groups -OCH3 is 2. The highest BCUT2D eigenvalue weighted by Crippen LogP contribution is 2.24. The van der Waals surface area contributed by atoms with Crippen LogP contribution in [0.15, 0.2) is 12.1 Å². The minimum absolute atomic E-state index is 0.171. The first-order chi connectivity index (χ1) is 6.67. The molecule has 0 spiro atoms. The summed E-state index contributed by atoms with van der Waals surface area (Å²) in [5, 5.41) is 2.59. The second kappa shape index (κ2) is 4.45. The molecule has 14 heavy (non-hydrogen) atoms. The van der Waals surface area contributed by atoms with Crippen LogP contribution in [0.3, 0.4) is 0 Å². The van der Waals surface area contributed by atoms with Gasteiger partial charge in [0, 0.05) is 13.0 Å². The van der Waals surface area contributed by atoms with E-state index in [1.165, 1.54) is 21.1 Å². The zero-order valence-corrected chi connectivity index (χ0v) is 8.33. The number of carbonyl (C=O) groups is 1. The quantitative estimate of drug-likeness (QED) is 0.785. The summed E-state index contributed by atoms with van der Waals surface area (Å²) in [6.45, 7) is 1.42. The smallest absolute Gasteiger partial charge is 0.240 e. The summed E-state index contributed by atoms with van der Waals surface area (Å²) in [5.74, 6) is 0.603. The van der Waals surface area contributed by atoms with Crippen LogP contribution in [0, 0.1) is 0 Å². The van der Waals surface area contributed by atoms with Crippen molar-refractivity contribution >= 4 is 11.6 Å². The number of nitrogens with zero attached hydrogens (tertiary/aromatic N) is 1. The Balaban J connectivity index is 2.98. The van der Waals surface area contributed by atoms with Crippen LogP contribution in [0.4, 0.5) is 5.69 Å². The molecule has 1 aromatic rings. The molecule has 0 saturated carbocycles. The van der Waals surface area contributed by atoms with Gasteiger partial charge in [-0.05, 0) is 6.07 Å². The molecule has 0 unspecified atom stereocenters. The molecule has 0 aromatic carbocycles. The number of nitrogens with one attached hydrogen (secondary N) is 1. The van der Waals surface area contributed by atoms with Crippen LogP contribution < -0.4 is 14.8 Å². The van der Waals surface area contributed by atoms with Crippen molar-refractivity contribution in [2.75, 3.05) is 19.5 Å². The lowest BCUT2D eigenvalue weighted by Gasteiger charge is -2.08. The van der Waals surface area contributed by atoms with Crippen molar-refractivity contribution in [1.82, 2.24) is 4.98 Å². The minimum Gasteiger partial charge on any atom is -0.481 e. The van der Waals surface area contributed by atoms with Gasteiger partial charge >= 0.3 is 0 Å². The molecule has 0 fully saturated rings. The number of pyridine rings is 1. The highest BCUT2D eigenvalue weighted by atomic mass is 16.5. The summed E-state index contributed by atoms with van der Waals surface area (Å²) in [6, 6.07) is 3.32. The fraction of sp³-hybridized carbons (Fsp3) is 0.333. The number of rotatable bonds is 3. The van der Waals surface area contributed by atoms with E-state index in [9.17, 15) is 4.79 Å². The van der Waals surface area contributed by atoms with Gasteiger partial charge in [0.2, 0.25) is 17.7 Å². The van der Waals surface area contributed by atoms with Gasteiger partial charge in [0.15, 0.2) is 0 Å². The third kappa shape index (κ3) is 2.35. The molecule has 5 nitrogen and oxygen atoms in total. The summed E-state index contributed by atoms with van der Waals surface area (Å²) in [6.07, 6.45) is 0. The largest absolute Gasteiger partial charge is 0.481 e. The first-order valence-corrected chi connectivity index (χ1v) is 4.04. The molecule has 0 aliphatic carbocycles. The number of anilines is 1. The SMILES string of the molecule is COc1ccc(NC(C)=O)c(OC)n1. The van der Waals surface area contributed by atoms with Gasteiger partial charge in [-0.15, -0.1) is 0 Å². The molecule has 1 heterocycles. The highest BCUT2D eigenvalue weighted by molar-refractivity contribution is 5.89. The standard InChI is InChI=1S/C9H12N2O3/c1-6(12)10-7-4-5-8(13-2)11-9(7)14-3/h4-5H,1-3H3,(H,10,12). The lowest BCUT2D eigenvalue weighted by molar-refractivity contribution is -0.114. The maximum absolute atomic E-state index is 10.8. The molecule has 0 atom stereocenters. The lowest BCUT2D eigenvalue weighted by atomic mass is 10.4. The Morgan fingerprint density at radius 2 is 2.07 bits per heavy atom. The van der Waals surface area contributed by atoms with Crippen molar-refractivity contribution in [2.24, 2.45) is 0 Å². The minimum atomic E-state index is -0.171. The van der Waals surface area contributed by atoms with E-state index in [0.29, 0.717) is 17.4 Å². The predicted octanol–water partition coefficient (Wildman–Crippen LogP) is 1.06. The summed E-state index contributed by atoms with van der Waals surface area (Å²) in [5.41, 5.74) is 0.529. The zero-order valence-electron chi connectivity index (χ0n) is 8.33. The number of ether oxygens (including phenoxy) is 2. The summed E-state index contributed by atoms with van der Waals surface area (Å²) < 4.78 is 9.90. The molecule has 0 aliphatic rings. The Hall–Kier alpha value is -1.78. The Morgan fingerprint density at radius 3 is 2.57 bits per heavy atom. The van der Waals surface area contributed by atoms with Crippen LogP contribution >= 0.6 is 0 Å². The van der Waals surface area contributed by atoms with E-state index in [1.807, 2.05) is 0 Å². The number of hydrogen-bond acceptors (Lipinski definition) is 4. The van der Waals surface area contributed by atoms with Crippen molar-refractivity contribution in [3.8, 4) is 11.8 Å². The first-order valence-electron chi connectivity index (χ1n) is 4.04. The van der Waals surface area contributed by atoms with E-state index < -0.39 is 0 Å². The Morgan fingerprint density at radius 1 is 1.36 bits per heavy atom. The number of aromatic nitrogens is 1. The average Bonchev–Trinajstić information content (AvgIpc) is 2.17. The van der Waals surface area contributed by atoms with Crippen molar-refractivity contribution in [2.45, 2.75) is 6.92 Å². The lowest BCUT2D eigenvalue weighted by Crippen LogP contribution is -2.08. The monoisotopic (exact) mass is 196 g/mol. The molecule has 0 bridgehead atoms. The molecule has 1 rings (SSSR count). The number of carbonyl (C=O) groups excluding carboxylic acids is 1. The van der Waals surface area contributed by atoms with Crippen LogP contribution in [0.2, 0.25) is 0 Å². The topological polar surface area (TPSA) is 60.5 Å². The molecule has 1 N–H and O–H groups in total. The molecule has 1 aromatic heterocycles. The third-order valence-corrected chi connectivity index (χ3v) is 1.55. The Bertz CT molecular complexity index is 339. The second-order valence-corrected chi connectivity index (χ2v) is 2.59.